The number of benzene rings is 1. The zero-order chi connectivity index (χ0) is 13.3. The molecule has 18 heavy (non-hydrogen) atoms. The van der Waals surface area contributed by atoms with Crippen molar-refractivity contribution in [2.45, 2.75) is 19.9 Å². The zero-order valence-corrected chi connectivity index (χ0v) is 11.0. The summed E-state index contributed by atoms with van der Waals surface area (Å²) < 4.78 is 1.93. The maximum atomic E-state index is 12.1. The number of para-hydroxylation sites is 1. The quantitative estimate of drug-likeness (QED) is 0.862. The van der Waals surface area contributed by atoms with Crippen LogP contribution in [-0.4, -0.2) is 23.1 Å². The van der Waals surface area contributed by atoms with Crippen LogP contribution in [0.15, 0.2) is 24.3 Å². The van der Waals surface area contributed by atoms with Crippen LogP contribution in [0, 0.1) is 6.92 Å². The molecule has 1 amide bonds. The van der Waals surface area contributed by atoms with Crippen LogP contribution in [-0.2, 0) is 7.05 Å². The Kier molecular flexibility index (Phi) is 3.39. The second kappa shape index (κ2) is 4.82. The molecule has 96 valence electrons. The first-order chi connectivity index (χ1) is 8.54. The summed E-state index contributed by atoms with van der Waals surface area (Å²) >= 11 is 0. The first-order valence-corrected chi connectivity index (χ1v) is 6.10. The van der Waals surface area contributed by atoms with E-state index in [9.17, 15) is 4.79 Å². The monoisotopic (exact) mass is 245 g/mol. The Labute approximate surface area is 107 Å². The SMILES string of the molecule is Cc1cccc2cc(C(=O)NC(C)CN)n(C)c12. The summed E-state index contributed by atoms with van der Waals surface area (Å²) in [6, 6.07) is 7.97. The molecule has 0 spiro atoms. The van der Waals surface area contributed by atoms with Crippen LogP contribution >= 0.6 is 0 Å². The summed E-state index contributed by atoms with van der Waals surface area (Å²) in [6.07, 6.45) is 0. The Morgan fingerprint density at radius 2 is 2.22 bits per heavy atom. The van der Waals surface area contributed by atoms with Crippen LogP contribution < -0.4 is 11.1 Å². The lowest BCUT2D eigenvalue weighted by Crippen LogP contribution is -2.38. The first-order valence-electron chi connectivity index (χ1n) is 6.10. The Balaban J connectivity index is 2.43. The largest absolute Gasteiger partial charge is 0.347 e. The third-order valence-electron chi connectivity index (χ3n) is 3.22. The zero-order valence-electron chi connectivity index (χ0n) is 11.0. The first kappa shape index (κ1) is 12.6. The van der Waals surface area contributed by atoms with E-state index in [4.69, 9.17) is 5.73 Å². The number of aryl methyl sites for hydroxylation is 2. The maximum Gasteiger partial charge on any atom is 0.268 e. The Morgan fingerprint density at radius 1 is 1.50 bits per heavy atom. The van der Waals surface area contributed by atoms with E-state index in [0.717, 1.165) is 10.9 Å². The van der Waals surface area contributed by atoms with Crippen molar-refractivity contribution in [3.63, 3.8) is 0 Å². The van der Waals surface area contributed by atoms with Crippen molar-refractivity contribution in [2.75, 3.05) is 6.54 Å². The number of fused-ring (bicyclic) bond motifs is 1. The van der Waals surface area contributed by atoms with Crippen molar-refractivity contribution >= 4 is 16.8 Å². The second-order valence-corrected chi connectivity index (χ2v) is 4.71. The third-order valence-corrected chi connectivity index (χ3v) is 3.22. The van der Waals surface area contributed by atoms with Gasteiger partial charge in [-0.15, -0.1) is 0 Å². The number of aromatic nitrogens is 1. The van der Waals surface area contributed by atoms with Crippen molar-refractivity contribution in [1.82, 2.24) is 9.88 Å². The predicted octanol–water partition coefficient (Wildman–Crippen LogP) is 1.56. The van der Waals surface area contributed by atoms with Crippen LogP contribution in [0.5, 0.6) is 0 Å². The molecular formula is C14H19N3O. The molecule has 0 saturated carbocycles. The highest BCUT2D eigenvalue weighted by Crippen LogP contribution is 2.21. The summed E-state index contributed by atoms with van der Waals surface area (Å²) in [7, 11) is 1.91. The fourth-order valence-electron chi connectivity index (χ4n) is 2.20. The molecule has 0 bridgehead atoms. The molecule has 0 aliphatic heterocycles. The summed E-state index contributed by atoms with van der Waals surface area (Å²) in [5.41, 5.74) is 8.45. The molecule has 3 N–H and O–H groups in total. The minimum Gasteiger partial charge on any atom is -0.347 e. The van der Waals surface area contributed by atoms with Crippen molar-refractivity contribution in [1.29, 1.82) is 0 Å². The maximum absolute atomic E-state index is 12.1. The molecule has 1 aromatic heterocycles. The Hall–Kier alpha value is -1.81. The van der Waals surface area contributed by atoms with Gasteiger partial charge in [0.15, 0.2) is 0 Å². The molecule has 0 saturated heterocycles. The van der Waals surface area contributed by atoms with Crippen LogP contribution in [0.1, 0.15) is 23.0 Å². The Morgan fingerprint density at radius 3 is 2.83 bits per heavy atom. The summed E-state index contributed by atoms with van der Waals surface area (Å²) in [5, 5.41) is 3.97. The highest BCUT2D eigenvalue weighted by atomic mass is 16.2. The predicted molar refractivity (Wildman–Crippen MR) is 73.6 cm³/mol. The number of amides is 1. The van der Waals surface area contributed by atoms with E-state index in [1.54, 1.807) is 0 Å². The lowest BCUT2D eigenvalue weighted by molar-refractivity contribution is 0.0933. The molecule has 0 radical (unpaired) electrons. The number of hydrogen-bond acceptors (Lipinski definition) is 2. The van der Waals surface area contributed by atoms with E-state index < -0.39 is 0 Å². The molecule has 1 aromatic carbocycles. The van der Waals surface area contributed by atoms with E-state index in [1.165, 1.54) is 5.56 Å². The smallest absolute Gasteiger partial charge is 0.268 e. The molecule has 4 nitrogen and oxygen atoms in total. The number of nitrogens with one attached hydrogen (secondary N) is 1. The minimum atomic E-state index is -0.0777. The Bertz CT molecular complexity index is 586. The van der Waals surface area contributed by atoms with Gasteiger partial charge < -0.3 is 15.6 Å². The van der Waals surface area contributed by atoms with Gasteiger partial charge in [-0.3, -0.25) is 4.79 Å². The van der Waals surface area contributed by atoms with Gasteiger partial charge in [0, 0.05) is 25.0 Å². The van der Waals surface area contributed by atoms with E-state index in [0.29, 0.717) is 12.2 Å². The summed E-state index contributed by atoms with van der Waals surface area (Å²) in [6.45, 7) is 4.38. The van der Waals surface area contributed by atoms with Gasteiger partial charge in [0.25, 0.3) is 5.91 Å². The molecule has 1 heterocycles. The fourth-order valence-corrected chi connectivity index (χ4v) is 2.20. The van der Waals surface area contributed by atoms with Gasteiger partial charge in [-0.25, -0.2) is 0 Å². The van der Waals surface area contributed by atoms with Gasteiger partial charge in [-0.2, -0.15) is 0 Å². The van der Waals surface area contributed by atoms with Crippen LogP contribution in [0.3, 0.4) is 0 Å². The summed E-state index contributed by atoms with van der Waals surface area (Å²) in [4.78, 5) is 12.1. The molecule has 1 unspecified atom stereocenters. The van der Waals surface area contributed by atoms with Crippen molar-refractivity contribution in [2.24, 2.45) is 12.8 Å². The van der Waals surface area contributed by atoms with Gasteiger partial charge in [0.2, 0.25) is 0 Å². The second-order valence-electron chi connectivity index (χ2n) is 4.71. The topological polar surface area (TPSA) is 60.1 Å². The van der Waals surface area contributed by atoms with E-state index in [1.807, 2.05) is 49.7 Å². The van der Waals surface area contributed by atoms with Gasteiger partial charge >= 0.3 is 0 Å². The molecule has 2 aromatic rings. The molecule has 0 aliphatic rings. The molecular weight excluding hydrogens is 226 g/mol. The van der Waals surface area contributed by atoms with E-state index in [-0.39, 0.29) is 11.9 Å². The molecule has 1 atom stereocenters. The number of carbonyl (C=O) groups is 1. The van der Waals surface area contributed by atoms with Crippen LogP contribution in [0.25, 0.3) is 10.9 Å². The lowest BCUT2D eigenvalue weighted by Gasteiger charge is -2.12. The van der Waals surface area contributed by atoms with Crippen LogP contribution in [0.2, 0.25) is 0 Å². The van der Waals surface area contributed by atoms with Crippen molar-refractivity contribution < 1.29 is 4.79 Å². The third kappa shape index (κ3) is 2.11. The number of rotatable bonds is 3. The van der Waals surface area contributed by atoms with Gasteiger partial charge in [0.1, 0.15) is 5.69 Å². The average molecular weight is 245 g/mol. The average Bonchev–Trinajstić information content (AvgIpc) is 2.68. The highest BCUT2D eigenvalue weighted by molar-refractivity contribution is 5.99. The summed E-state index contributed by atoms with van der Waals surface area (Å²) in [5.74, 6) is -0.0777. The van der Waals surface area contributed by atoms with Crippen LogP contribution in [0.4, 0.5) is 0 Å². The molecule has 4 heteroatoms. The number of nitrogens with zero attached hydrogens (tertiary/aromatic N) is 1. The number of hydrogen-bond donors (Lipinski definition) is 2. The lowest BCUT2D eigenvalue weighted by atomic mass is 10.2. The minimum absolute atomic E-state index is 0.0170. The number of carbonyl (C=O) groups excluding carboxylic acids is 1. The van der Waals surface area contributed by atoms with Gasteiger partial charge in [0.05, 0.1) is 5.52 Å². The fraction of sp³-hybridized carbons (Fsp3) is 0.357. The van der Waals surface area contributed by atoms with E-state index >= 15 is 0 Å². The molecule has 0 aliphatic carbocycles. The van der Waals surface area contributed by atoms with Crippen molar-refractivity contribution in [3.05, 3.63) is 35.5 Å². The highest BCUT2D eigenvalue weighted by Gasteiger charge is 2.15. The van der Waals surface area contributed by atoms with Crippen molar-refractivity contribution in [3.8, 4) is 0 Å². The molecule has 0 fully saturated rings. The van der Waals surface area contributed by atoms with Gasteiger partial charge in [-0.1, -0.05) is 18.2 Å². The normalized spacial score (nSPS) is 12.7. The standard InChI is InChI=1S/C14H19N3O/c1-9-5-4-6-11-7-12(17(3)13(9)11)14(18)16-10(2)8-15/h4-7,10H,8,15H2,1-3H3,(H,16,18). The van der Waals surface area contributed by atoms with Gasteiger partial charge in [-0.05, 0) is 25.5 Å². The number of nitrogens with two attached hydrogens (primary N) is 1. The molecule has 2 rings (SSSR count). The van der Waals surface area contributed by atoms with E-state index in [2.05, 4.69) is 5.32 Å².